The van der Waals surface area contributed by atoms with Crippen LogP contribution in [0.4, 0.5) is 0 Å². The third-order valence-electron chi connectivity index (χ3n) is 4.95. The monoisotopic (exact) mass is 345 g/mol. The number of benzene rings is 2. The highest BCUT2D eigenvalue weighted by Gasteiger charge is 2.35. The van der Waals surface area contributed by atoms with Crippen LogP contribution in [-0.2, 0) is 6.42 Å². The Bertz CT molecular complexity index is 1060. The van der Waals surface area contributed by atoms with E-state index in [1.54, 1.807) is 6.07 Å². The number of hydrogen-bond acceptors (Lipinski definition) is 3. The predicted molar refractivity (Wildman–Crippen MR) is 101 cm³/mol. The summed E-state index contributed by atoms with van der Waals surface area (Å²) in [6, 6.07) is 15.4. The van der Waals surface area contributed by atoms with E-state index in [4.69, 9.17) is 4.98 Å². The molecule has 2 aromatic carbocycles. The Morgan fingerprint density at radius 1 is 1.08 bits per heavy atom. The van der Waals surface area contributed by atoms with Crippen molar-refractivity contribution in [2.24, 2.45) is 5.41 Å². The molecule has 0 bridgehead atoms. The number of nitrogens with zero attached hydrogens (tertiary/aromatic N) is 1. The average molecular weight is 345 g/mol. The van der Waals surface area contributed by atoms with Crippen LogP contribution in [0.1, 0.15) is 46.7 Å². The SMILES string of the molecule is CC1(C)CC(=O)c2c(C(=O)O)cc(-c3cccc4ccccc34)nc2C1. The van der Waals surface area contributed by atoms with Gasteiger partial charge >= 0.3 is 5.97 Å². The zero-order valence-corrected chi connectivity index (χ0v) is 14.7. The summed E-state index contributed by atoms with van der Waals surface area (Å²) in [6.45, 7) is 4.03. The normalized spacial score (nSPS) is 15.7. The lowest BCUT2D eigenvalue weighted by Gasteiger charge is -2.30. The van der Waals surface area contributed by atoms with Crippen LogP contribution in [0.5, 0.6) is 0 Å². The van der Waals surface area contributed by atoms with Crippen LogP contribution >= 0.6 is 0 Å². The van der Waals surface area contributed by atoms with Crippen molar-refractivity contribution in [3.8, 4) is 11.3 Å². The van der Waals surface area contributed by atoms with Gasteiger partial charge in [0.1, 0.15) is 0 Å². The van der Waals surface area contributed by atoms with Gasteiger partial charge in [-0.05, 0) is 28.7 Å². The fraction of sp³-hybridized carbons (Fsp3) is 0.227. The van der Waals surface area contributed by atoms with Crippen LogP contribution in [0, 0.1) is 5.41 Å². The lowest BCUT2D eigenvalue weighted by molar-refractivity contribution is 0.0687. The highest BCUT2D eigenvalue weighted by Crippen LogP contribution is 2.37. The molecular weight excluding hydrogens is 326 g/mol. The van der Waals surface area contributed by atoms with E-state index in [0.717, 1.165) is 16.3 Å². The maximum Gasteiger partial charge on any atom is 0.336 e. The van der Waals surface area contributed by atoms with Gasteiger partial charge in [0.2, 0.25) is 0 Å². The summed E-state index contributed by atoms with van der Waals surface area (Å²) in [6.07, 6.45) is 0.933. The molecule has 4 nitrogen and oxygen atoms in total. The highest BCUT2D eigenvalue weighted by atomic mass is 16.4. The van der Waals surface area contributed by atoms with E-state index in [2.05, 4.69) is 0 Å². The molecule has 0 fully saturated rings. The molecule has 0 unspecified atom stereocenters. The molecule has 0 saturated heterocycles. The van der Waals surface area contributed by atoms with Crippen LogP contribution in [-0.4, -0.2) is 21.8 Å². The standard InChI is InChI=1S/C22H19NO3/c1-22(2)11-18-20(19(24)12-22)16(21(25)26)10-17(23-18)15-9-5-7-13-6-3-4-8-14(13)15/h3-10H,11-12H2,1-2H3,(H,25,26). The summed E-state index contributed by atoms with van der Waals surface area (Å²) in [5, 5.41) is 11.8. The Morgan fingerprint density at radius 2 is 1.81 bits per heavy atom. The number of hydrogen-bond donors (Lipinski definition) is 1. The number of Topliss-reactive ketones (excluding diaryl/α,β-unsaturated/α-hetero) is 1. The highest BCUT2D eigenvalue weighted by molar-refractivity contribution is 6.08. The largest absolute Gasteiger partial charge is 0.478 e. The van der Waals surface area contributed by atoms with Gasteiger partial charge in [0, 0.05) is 12.0 Å². The number of pyridine rings is 1. The first-order valence-electron chi connectivity index (χ1n) is 8.64. The second kappa shape index (κ2) is 5.77. The molecule has 0 spiro atoms. The minimum absolute atomic E-state index is 0.0541. The maximum absolute atomic E-state index is 12.6. The summed E-state index contributed by atoms with van der Waals surface area (Å²) in [5.74, 6) is -1.22. The number of rotatable bonds is 2. The van der Waals surface area contributed by atoms with Crippen molar-refractivity contribution in [3.05, 3.63) is 65.4 Å². The number of fused-ring (bicyclic) bond motifs is 2. The number of carboxylic acid groups (broad SMARTS) is 1. The van der Waals surface area contributed by atoms with Gasteiger partial charge in [0.05, 0.1) is 22.5 Å². The van der Waals surface area contributed by atoms with Gasteiger partial charge in [-0.25, -0.2) is 4.79 Å². The van der Waals surface area contributed by atoms with E-state index in [9.17, 15) is 14.7 Å². The molecule has 0 atom stereocenters. The Morgan fingerprint density at radius 3 is 2.58 bits per heavy atom. The molecule has 0 saturated carbocycles. The molecule has 1 N–H and O–H groups in total. The summed E-state index contributed by atoms with van der Waals surface area (Å²) in [4.78, 5) is 29.2. The Labute approximate surface area is 151 Å². The van der Waals surface area contributed by atoms with Gasteiger partial charge < -0.3 is 5.11 Å². The molecule has 1 aromatic heterocycles. The van der Waals surface area contributed by atoms with Crippen LogP contribution in [0.2, 0.25) is 0 Å². The maximum atomic E-state index is 12.6. The van der Waals surface area contributed by atoms with Crippen molar-refractivity contribution < 1.29 is 14.7 Å². The van der Waals surface area contributed by atoms with Crippen molar-refractivity contribution >= 4 is 22.5 Å². The molecule has 4 rings (SSSR count). The molecule has 26 heavy (non-hydrogen) atoms. The first kappa shape index (κ1) is 16.5. The number of aromatic nitrogens is 1. The number of carbonyl (C=O) groups is 2. The minimum atomic E-state index is -1.09. The van der Waals surface area contributed by atoms with Crippen molar-refractivity contribution in [2.45, 2.75) is 26.7 Å². The molecule has 1 heterocycles. The number of ketones is 1. The quantitative estimate of drug-likeness (QED) is 0.727. The molecule has 1 aliphatic carbocycles. The van der Waals surface area contributed by atoms with Crippen molar-refractivity contribution in [2.75, 3.05) is 0 Å². The smallest absolute Gasteiger partial charge is 0.336 e. The zero-order valence-electron chi connectivity index (χ0n) is 14.7. The molecule has 0 amide bonds. The number of carbonyl (C=O) groups excluding carboxylic acids is 1. The van der Waals surface area contributed by atoms with Gasteiger partial charge in [-0.15, -0.1) is 0 Å². The molecule has 3 aromatic rings. The Kier molecular flexibility index (Phi) is 3.65. The zero-order chi connectivity index (χ0) is 18.5. The summed E-state index contributed by atoms with van der Waals surface area (Å²) in [5.41, 5.74) is 2.19. The van der Waals surface area contributed by atoms with E-state index < -0.39 is 5.97 Å². The fourth-order valence-electron chi connectivity index (χ4n) is 3.83. The number of carboxylic acids is 1. The van der Waals surface area contributed by atoms with Crippen LogP contribution in [0.3, 0.4) is 0 Å². The first-order valence-corrected chi connectivity index (χ1v) is 8.64. The molecule has 0 radical (unpaired) electrons. The van der Waals surface area contributed by atoms with Gasteiger partial charge in [-0.3, -0.25) is 9.78 Å². The fourth-order valence-corrected chi connectivity index (χ4v) is 3.83. The summed E-state index contributed by atoms with van der Waals surface area (Å²) >= 11 is 0. The second-order valence-corrected chi connectivity index (χ2v) is 7.65. The average Bonchev–Trinajstić information content (AvgIpc) is 2.59. The predicted octanol–water partition coefficient (Wildman–Crippen LogP) is 4.76. The second-order valence-electron chi connectivity index (χ2n) is 7.65. The van der Waals surface area contributed by atoms with Crippen LogP contribution < -0.4 is 0 Å². The topological polar surface area (TPSA) is 67.3 Å². The summed E-state index contributed by atoms with van der Waals surface area (Å²) in [7, 11) is 0. The lowest BCUT2D eigenvalue weighted by atomic mass is 9.74. The van der Waals surface area contributed by atoms with E-state index in [-0.39, 0.29) is 22.3 Å². The van der Waals surface area contributed by atoms with Crippen LogP contribution in [0.25, 0.3) is 22.0 Å². The minimum Gasteiger partial charge on any atom is -0.478 e. The van der Waals surface area contributed by atoms with E-state index in [1.807, 2.05) is 56.3 Å². The molecule has 130 valence electrons. The van der Waals surface area contributed by atoms with E-state index >= 15 is 0 Å². The lowest BCUT2D eigenvalue weighted by Crippen LogP contribution is -2.30. The third-order valence-corrected chi connectivity index (χ3v) is 4.95. The van der Waals surface area contributed by atoms with E-state index in [0.29, 0.717) is 24.2 Å². The van der Waals surface area contributed by atoms with Gasteiger partial charge in [-0.1, -0.05) is 56.3 Å². The molecule has 0 aliphatic heterocycles. The molecular formula is C22H19NO3. The molecule has 1 aliphatic rings. The van der Waals surface area contributed by atoms with Crippen molar-refractivity contribution in [1.29, 1.82) is 0 Å². The third kappa shape index (κ3) is 2.68. The number of aromatic carboxylic acids is 1. The van der Waals surface area contributed by atoms with Gasteiger partial charge in [0.15, 0.2) is 5.78 Å². The van der Waals surface area contributed by atoms with E-state index in [1.165, 1.54) is 0 Å². The van der Waals surface area contributed by atoms with Crippen LogP contribution in [0.15, 0.2) is 48.5 Å². The van der Waals surface area contributed by atoms with Crippen molar-refractivity contribution in [3.63, 3.8) is 0 Å². The Balaban J connectivity index is 2.00. The van der Waals surface area contributed by atoms with Crippen molar-refractivity contribution in [1.82, 2.24) is 4.98 Å². The van der Waals surface area contributed by atoms with Gasteiger partial charge in [0.25, 0.3) is 0 Å². The summed E-state index contributed by atoms with van der Waals surface area (Å²) < 4.78 is 0. The molecule has 4 heteroatoms. The van der Waals surface area contributed by atoms with Gasteiger partial charge in [-0.2, -0.15) is 0 Å². The first-order chi connectivity index (χ1) is 12.4. The Hall–Kier alpha value is -3.01.